The van der Waals surface area contributed by atoms with Crippen LogP contribution in [-0.2, 0) is 6.54 Å². The number of nitrogens with zero attached hydrogens (tertiary/aromatic N) is 2. The summed E-state index contributed by atoms with van der Waals surface area (Å²) >= 11 is 0. The summed E-state index contributed by atoms with van der Waals surface area (Å²) in [5, 5.41) is 0. The fourth-order valence-electron chi connectivity index (χ4n) is 1.79. The van der Waals surface area contributed by atoms with Crippen LogP contribution in [0.3, 0.4) is 0 Å². The molecule has 0 aliphatic heterocycles. The van der Waals surface area contributed by atoms with Gasteiger partial charge in [0.05, 0.1) is 12.6 Å². The number of anilines is 1. The molecular weight excluding hydrogens is 190 g/mol. The van der Waals surface area contributed by atoms with Gasteiger partial charge >= 0.3 is 0 Å². The molecule has 1 aromatic carbocycles. The van der Waals surface area contributed by atoms with E-state index in [-0.39, 0.29) is 0 Å². The molecule has 0 radical (unpaired) electrons. The Kier molecular flexibility index (Phi) is 2.49. The summed E-state index contributed by atoms with van der Waals surface area (Å²) in [6.07, 6.45) is 1.02. The first kappa shape index (κ1) is 9.83. The van der Waals surface area contributed by atoms with Crippen LogP contribution in [-0.4, -0.2) is 16.7 Å². The summed E-state index contributed by atoms with van der Waals surface area (Å²) < 4.78 is 7.31. The molecule has 0 bridgehead atoms. The number of nitrogen functional groups attached to an aromatic ring is 1. The van der Waals surface area contributed by atoms with Gasteiger partial charge in [-0.15, -0.1) is 0 Å². The van der Waals surface area contributed by atoms with E-state index in [4.69, 9.17) is 10.5 Å². The average molecular weight is 205 g/mol. The Morgan fingerprint density at radius 1 is 1.47 bits per heavy atom. The highest BCUT2D eigenvalue weighted by Gasteiger charge is 2.11. The summed E-state index contributed by atoms with van der Waals surface area (Å²) in [5.41, 5.74) is 7.73. The topological polar surface area (TPSA) is 53.1 Å². The second kappa shape index (κ2) is 3.81. The fraction of sp³-hybridized carbons (Fsp3) is 0.364. The number of benzene rings is 1. The Morgan fingerprint density at radius 3 is 2.93 bits per heavy atom. The number of aromatic nitrogens is 2. The number of imidazole rings is 1. The molecular formula is C11H15N3O. The molecule has 2 rings (SSSR count). The third-order valence-electron chi connectivity index (χ3n) is 2.43. The van der Waals surface area contributed by atoms with Crippen molar-refractivity contribution in [2.24, 2.45) is 0 Å². The van der Waals surface area contributed by atoms with Gasteiger partial charge in [0.25, 0.3) is 0 Å². The van der Waals surface area contributed by atoms with Crippen LogP contribution in [0.25, 0.3) is 11.0 Å². The van der Waals surface area contributed by atoms with Crippen LogP contribution in [0.5, 0.6) is 5.75 Å². The van der Waals surface area contributed by atoms with Gasteiger partial charge in [0.15, 0.2) is 0 Å². The molecule has 2 aromatic rings. The molecule has 1 heterocycles. The summed E-state index contributed by atoms with van der Waals surface area (Å²) in [7, 11) is 1.66. The number of aryl methyl sites for hydroxylation is 1. The van der Waals surface area contributed by atoms with Gasteiger partial charge in [0, 0.05) is 6.54 Å². The lowest BCUT2D eigenvalue weighted by Gasteiger charge is -2.07. The van der Waals surface area contributed by atoms with Crippen molar-refractivity contribution in [3.05, 3.63) is 18.2 Å². The van der Waals surface area contributed by atoms with Gasteiger partial charge in [0.2, 0.25) is 5.95 Å². The molecule has 4 nitrogen and oxygen atoms in total. The molecule has 0 saturated carbocycles. The van der Waals surface area contributed by atoms with E-state index in [9.17, 15) is 0 Å². The summed E-state index contributed by atoms with van der Waals surface area (Å²) in [5.74, 6) is 1.38. The van der Waals surface area contributed by atoms with Crippen LogP contribution in [0.15, 0.2) is 18.2 Å². The van der Waals surface area contributed by atoms with Crippen molar-refractivity contribution in [3.8, 4) is 5.75 Å². The first-order valence-electron chi connectivity index (χ1n) is 5.06. The quantitative estimate of drug-likeness (QED) is 0.834. The summed E-state index contributed by atoms with van der Waals surface area (Å²) in [6.45, 7) is 2.98. The third-order valence-corrected chi connectivity index (χ3v) is 2.43. The first-order chi connectivity index (χ1) is 7.27. The van der Waals surface area contributed by atoms with E-state index >= 15 is 0 Å². The Hall–Kier alpha value is -1.71. The molecule has 4 heteroatoms. The zero-order chi connectivity index (χ0) is 10.8. The zero-order valence-corrected chi connectivity index (χ0v) is 9.03. The van der Waals surface area contributed by atoms with Crippen LogP contribution in [0, 0.1) is 0 Å². The minimum atomic E-state index is 0.552. The third kappa shape index (κ3) is 1.52. The van der Waals surface area contributed by atoms with Crippen LogP contribution in [0.2, 0.25) is 0 Å². The Morgan fingerprint density at radius 2 is 2.27 bits per heavy atom. The number of ether oxygens (including phenoxy) is 1. The van der Waals surface area contributed by atoms with Crippen LogP contribution < -0.4 is 10.5 Å². The van der Waals surface area contributed by atoms with Gasteiger partial charge < -0.3 is 15.0 Å². The highest BCUT2D eigenvalue weighted by molar-refractivity contribution is 5.84. The molecule has 1 aromatic heterocycles. The second-order valence-corrected chi connectivity index (χ2v) is 3.45. The molecule has 2 N–H and O–H groups in total. The van der Waals surface area contributed by atoms with E-state index in [1.54, 1.807) is 7.11 Å². The number of hydrogen-bond acceptors (Lipinski definition) is 3. The number of fused-ring (bicyclic) bond motifs is 1. The van der Waals surface area contributed by atoms with E-state index in [1.807, 2.05) is 22.8 Å². The molecule has 0 fully saturated rings. The molecule has 0 atom stereocenters. The fourth-order valence-corrected chi connectivity index (χ4v) is 1.79. The van der Waals surface area contributed by atoms with Crippen molar-refractivity contribution in [2.45, 2.75) is 19.9 Å². The van der Waals surface area contributed by atoms with Crippen LogP contribution in [0.1, 0.15) is 13.3 Å². The maximum atomic E-state index is 5.86. The van der Waals surface area contributed by atoms with Crippen LogP contribution >= 0.6 is 0 Å². The maximum absolute atomic E-state index is 5.86. The zero-order valence-electron chi connectivity index (χ0n) is 9.03. The molecule has 0 spiro atoms. The number of para-hydroxylation sites is 1. The SMILES string of the molecule is CCCn1c(N)nc2cccc(OC)c21. The van der Waals surface area contributed by atoms with E-state index in [0.29, 0.717) is 5.95 Å². The minimum Gasteiger partial charge on any atom is -0.494 e. The van der Waals surface area contributed by atoms with Crippen molar-refractivity contribution in [1.82, 2.24) is 9.55 Å². The monoisotopic (exact) mass is 205 g/mol. The van der Waals surface area contributed by atoms with Gasteiger partial charge in [-0.25, -0.2) is 4.98 Å². The predicted molar refractivity (Wildman–Crippen MR) is 61.0 cm³/mol. The largest absolute Gasteiger partial charge is 0.494 e. The highest BCUT2D eigenvalue weighted by atomic mass is 16.5. The van der Waals surface area contributed by atoms with Crippen molar-refractivity contribution in [3.63, 3.8) is 0 Å². The second-order valence-electron chi connectivity index (χ2n) is 3.45. The number of methoxy groups -OCH3 is 1. The average Bonchev–Trinajstić information content (AvgIpc) is 2.56. The molecule has 0 saturated heterocycles. The lowest BCUT2D eigenvalue weighted by molar-refractivity contribution is 0.417. The summed E-state index contributed by atoms with van der Waals surface area (Å²) in [6, 6.07) is 5.79. The standard InChI is InChI=1S/C11H15N3O/c1-3-7-14-10-8(13-11(14)12)5-4-6-9(10)15-2/h4-6H,3,7H2,1-2H3,(H2,12,13). The molecule has 0 aliphatic rings. The van der Waals surface area contributed by atoms with Gasteiger partial charge in [0.1, 0.15) is 11.3 Å². The normalized spacial score (nSPS) is 10.8. The molecule has 80 valence electrons. The van der Waals surface area contributed by atoms with E-state index in [2.05, 4.69) is 11.9 Å². The smallest absolute Gasteiger partial charge is 0.201 e. The van der Waals surface area contributed by atoms with Crippen molar-refractivity contribution in [1.29, 1.82) is 0 Å². The summed E-state index contributed by atoms with van der Waals surface area (Å²) in [4.78, 5) is 4.30. The number of rotatable bonds is 3. The van der Waals surface area contributed by atoms with Gasteiger partial charge in [-0.1, -0.05) is 13.0 Å². The Labute approximate surface area is 88.7 Å². The highest BCUT2D eigenvalue weighted by Crippen LogP contribution is 2.27. The van der Waals surface area contributed by atoms with Gasteiger partial charge in [-0.05, 0) is 18.6 Å². The van der Waals surface area contributed by atoms with Crippen molar-refractivity contribution >= 4 is 17.0 Å². The molecule has 15 heavy (non-hydrogen) atoms. The maximum Gasteiger partial charge on any atom is 0.201 e. The van der Waals surface area contributed by atoms with E-state index in [0.717, 1.165) is 29.7 Å². The molecule has 0 unspecified atom stereocenters. The number of hydrogen-bond donors (Lipinski definition) is 1. The van der Waals surface area contributed by atoms with Crippen LogP contribution in [0.4, 0.5) is 5.95 Å². The lowest BCUT2D eigenvalue weighted by atomic mass is 10.3. The number of nitrogens with two attached hydrogens (primary N) is 1. The minimum absolute atomic E-state index is 0.552. The molecule has 0 aliphatic carbocycles. The van der Waals surface area contributed by atoms with Crippen molar-refractivity contribution in [2.75, 3.05) is 12.8 Å². The van der Waals surface area contributed by atoms with Gasteiger partial charge in [-0.2, -0.15) is 0 Å². The Bertz CT molecular complexity index is 476. The Balaban J connectivity index is 2.71. The first-order valence-corrected chi connectivity index (χ1v) is 5.06. The van der Waals surface area contributed by atoms with E-state index < -0.39 is 0 Å². The van der Waals surface area contributed by atoms with E-state index in [1.165, 1.54) is 0 Å². The predicted octanol–water partition coefficient (Wildman–Crippen LogP) is 2.04. The van der Waals surface area contributed by atoms with Gasteiger partial charge in [-0.3, -0.25) is 0 Å². The molecule has 0 amide bonds. The lowest BCUT2D eigenvalue weighted by Crippen LogP contribution is -2.03. The van der Waals surface area contributed by atoms with Crippen molar-refractivity contribution < 1.29 is 4.74 Å².